The van der Waals surface area contributed by atoms with Gasteiger partial charge in [0.15, 0.2) is 6.29 Å². The normalized spacial score (nSPS) is 37.5. The first-order chi connectivity index (χ1) is 8.94. The van der Waals surface area contributed by atoms with Gasteiger partial charge in [-0.3, -0.25) is 9.59 Å². The Morgan fingerprint density at radius 3 is 1.74 bits per heavy atom. The number of carbonyl (C=O) groups is 2. The molecule has 2 aliphatic rings. The molecule has 0 radical (unpaired) electrons. The quantitative estimate of drug-likeness (QED) is 0.565. The number of esters is 2. The molecule has 6 heteroatoms. The van der Waals surface area contributed by atoms with Crippen molar-refractivity contribution in [3.8, 4) is 0 Å². The molecule has 2 rings (SSSR count). The van der Waals surface area contributed by atoms with Gasteiger partial charge in [0.2, 0.25) is 0 Å². The first kappa shape index (κ1) is 14.3. The van der Waals surface area contributed by atoms with Crippen molar-refractivity contribution in [2.75, 3.05) is 0 Å². The van der Waals surface area contributed by atoms with Crippen LogP contribution in [0.25, 0.3) is 0 Å². The van der Waals surface area contributed by atoms with E-state index in [1.807, 2.05) is 6.92 Å². The lowest BCUT2D eigenvalue weighted by molar-refractivity contribution is -0.164. The number of carbonyl (C=O) groups excluding carboxylic acids is 2. The summed E-state index contributed by atoms with van der Waals surface area (Å²) in [7, 11) is 0. The minimum Gasteiger partial charge on any atom is -0.462 e. The van der Waals surface area contributed by atoms with Crippen LogP contribution in [0, 0.1) is 0 Å². The highest BCUT2D eigenvalue weighted by atomic mass is 16.8. The van der Waals surface area contributed by atoms with Crippen LogP contribution in [0.15, 0.2) is 0 Å². The molecule has 0 N–H and O–H groups in total. The van der Waals surface area contributed by atoms with E-state index in [-0.39, 0.29) is 42.6 Å². The van der Waals surface area contributed by atoms with E-state index in [2.05, 4.69) is 0 Å². The molecule has 1 aliphatic carbocycles. The lowest BCUT2D eigenvalue weighted by atomic mass is 9.92. The van der Waals surface area contributed by atoms with Crippen LogP contribution in [0.5, 0.6) is 0 Å². The number of hydrogen-bond donors (Lipinski definition) is 0. The van der Waals surface area contributed by atoms with Crippen LogP contribution in [-0.4, -0.2) is 42.6 Å². The smallest absolute Gasteiger partial charge is 0.302 e. The second-order valence-electron chi connectivity index (χ2n) is 5.14. The van der Waals surface area contributed by atoms with Crippen molar-refractivity contribution in [1.82, 2.24) is 0 Å². The second-order valence-corrected chi connectivity index (χ2v) is 5.14. The van der Waals surface area contributed by atoms with Gasteiger partial charge in [0, 0.05) is 33.1 Å². The van der Waals surface area contributed by atoms with Crippen molar-refractivity contribution < 1.29 is 28.5 Å². The highest BCUT2D eigenvalue weighted by molar-refractivity contribution is 5.66. The van der Waals surface area contributed by atoms with Gasteiger partial charge in [-0.2, -0.15) is 0 Å². The van der Waals surface area contributed by atoms with E-state index in [1.165, 1.54) is 13.8 Å². The molecule has 0 amide bonds. The summed E-state index contributed by atoms with van der Waals surface area (Å²) in [6.45, 7) is 4.68. The van der Waals surface area contributed by atoms with Crippen LogP contribution in [0.3, 0.4) is 0 Å². The molecule has 6 nitrogen and oxygen atoms in total. The Bertz CT molecular complexity index is 331. The van der Waals surface area contributed by atoms with Crippen LogP contribution in [0.4, 0.5) is 0 Å². The number of rotatable bonds is 4. The van der Waals surface area contributed by atoms with Crippen molar-refractivity contribution in [1.29, 1.82) is 0 Å². The Hall–Kier alpha value is -1.14. The van der Waals surface area contributed by atoms with E-state index in [1.54, 1.807) is 0 Å². The molecule has 1 heterocycles. The molecule has 2 fully saturated rings. The molecular formula is C13H20O6. The molecule has 19 heavy (non-hydrogen) atoms. The molecule has 1 aliphatic heterocycles. The second kappa shape index (κ2) is 5.88. The summed E-state index contributed by atoms with van der Waals surface area (Å²) in [5.74, 6) is -0.661. The van der Waals surface area contributed by atoms with Gasteiger partial charge in [0.05, 0.1) is 6.10 Å². The van der Waals surface area contributed by atoms with E-state index >= 15 is 0 Å². The third kappa shape index (κ3) is 4.47. The largest absolute Gasteiger partial charge is 0.462 e. The van der Waals surface area contributed by atoms with Crippen molar-refractivity contribution in [3.05, 3.63) is 0 Å². The number of epoxide rings is 1. The van der Waals surface area contributed by atoms with Gasteiger partial charge in [0.25, 0.3) is 0 Å². The third-order valence-electron chi connectivity index (χ3n) is 3.22. The van der Waals surface area contributed by atoms with Crippen molar-refractivity contribution in [2.24, 2.45) is 0 Å². The van der Waals surface area contributed by atoms with Gasteiger partial charge in [-0.15, -0.1) is 0 Å². The number of ether oxygens (including phenoxy) is 4. The average Bonchev–Trinajstić information content (AvgIpc) is 2.91. The van der Waals surface area contributed by atoms with Crippen LogP contribution in [0.2, 0.25) is 0 Å². The van der Waals surface area contributed by atoms with Crippen molar-refractivity contribution in [3.63, 3.8) is 0 Å². The van der Waals surface area contributed by atoms with Crippen LogP contribution >= 0.6 is 0 Å². The minimum atomic E-state index is -0.330. The Labute approximate surface area is 112 Å². The molecule has 4 atom stereocenters. The van der Waals surface area contributed by atoms with Gasteiger partial charge >= 0.3 is 11.9 Å². The van der Waals surface area contributed by atoms with Gasteiger partial charge in [0.1, 0.15) is 18.3 Å². The van der Waals surface area contributed by atoms with Gasteiger partial charge in [-0.05, 0) is 6.92 Å². The minimum absolute atomic E-state index is 0.112. The molecule has 108 valence electrons. The first-order valence-electron chi connectivity index (χ1n) is 6.59. The standard InChI is InChI=1S/C13H20O6/c1-7-13(16-7)19-12-5-10(17-8(2)14)4-11(6-12)18-9(3)15/h7,10-13H,4-6H2,1-3H3/t7-,10?,11?,12?,13?/m1/s1. The van der Waals surface area contributed by atoms with E-state index in [9.17, 15) is 9.59 Å². The summed E-state index contributed by atoms with van der Waals surface area (Å²) in [5, 5.41) is 0. The zero-order valence-corrected chi connectivity index (χ0v) is 11.5. The van der Waals surface area contributed by atoms with Crippen LogP contribution < -0.4 is 0 Å². The van der Waals surface area contributed by atoms with E-state index in [0.717, 1.165) is 0 Å². The Morgan fingerprint density at radius 1 is 0.947 bits per heavy atom. The fourth-order valence-corrected chi connectivity index (χ4v) is 2.44. The highest BCUT2D eigenvalue weighted by Gasteiger charge is 2.41. The SMILES string of the molecule is CC(=O)OC1CC(OC(C)=O)CC(OC2O[C@@H]2C)C1. The Kier molecular flexibility index (Phi) is 4.42. The summed E-state index contributed by atoms with van der Waals surface area (Å²) < 4.78 is 21.4. The maximum atomic E-state index is 11.0. The predicted octanol–water partition coefficient (Wildman–Crippen LogP) is 1.16. The summed E-state index contributed by atoms with van der Waals surface area (Å²) >= 11 is 0. The van der Waals surface area contributed by atoms with Gasteiger partial charge < -0.3 is 18.9 Å². The molecule has 1 saturated heterocycles. The fraction of sp³-hybridized carbons (Fsp3) is 0.846. The van der Waals surface area contributed by atoms with Crippen molar-refractivity contribution in [2.45, 2.75) is 70.7 Å². The number of hydrogen-bond acceptors (Lipinski definition) is 6. The lowest BCUT2D eigenvalue weighted by Crippen LogP contribution is -2.39. The Morgan fingerprint density at radius 2 is 1.37 bits per heavy atom. The van der Waals surface area contributed by atoms with E-state index < -0.39 is 0 Å². The summed E-state index contributed by atoms with van der Waals surface area (Å²) in [4.78, 5) is 22.1. The Balaban J connectivity index is 1.90. The predicted molar refractivity (Wildman–Crippen MR) is 64.2 cm³/mol. The fourth-order valence-electron chi connectivity index (χ4n) is 2.44. The van der Waals surface area contributed by atoms with Crippen molar-refractivity contribution >= 4 is 11.9 Å². The first-order valence-corrected chi connectivity index (χ1v) is 6.59. The molecule has 0 aromatic rings. The monoisotopic (exact) mass is 272 g/mol. The van der Waals surface area contributed by atoms with E-state index in [0.29, 0.717) is 19.3 Å². The zero-order chi connectivity index (χ0) is 14.0. The van der Waals surface area contributed by atoms with Crippen LogP contribution in [0.1, 0.15) is 40.0 Å². The molecule has 0 aromatic carbocycles. The topological polar surface area (TPSA) is 74.4 Å². The summed E-state index contributed by atoms with van der Waals surface area (Å²) in [6.07, 6.45) is 1.04. The molecule has 0 spiro atoms. The maximum absolute atomic E-state index is 11.0. The average molecular weight is 272 g/mol. The molecule has 1 saturated carbocycles. The molecule has 3 unspecified atom stereocenters. The maximum Gasteiger partial charge on any atom is 0.302 e. The lowest BCUT2D eigenvalue weighted by Gasteiger charge is -2.33. The van der Waals surface area contributed by atoms with Crippen LogP contribution in [-0.2, 0) is 28.5 Å². The van der Waals surface area contributed by atoms with Gasteiger partial charge in [-0.25, -0.2) is 0 Å². The van der Waals surface area contributed by atoms with Gasteiger partial charge in [-0.1, -0.05) is 0 Å². The molecule has 0 bridgehead atoms. The molecular weight excluding hydrogens is 252 g/mol. The summed E-state index contributed by atoms with van der Waals surface area (Å²) in [6, 6.07) is 0. The molecule has 0 aromatic heterocycles. The van der Waals surface area contributed by atoms with E-state index in [4.69, 9.17) is 18.9 Å². The third-order valence-corrected chi connectivity index (χ3v) is 3.22. The summed E-state index contributed by atoms with van der Waals surface area (Å²) in [5.41, 5.74) is 0. The highest BCUT2D eigenvalue weighted by Crippen LogP contribution is 2.31. The zero-order valence-electron chi connectivity index (χ0n) is 11.5.